The summed E-state index contributed by atoms with van der Waals surface area (Å²) in [6.07, 6.45) is 9.73. The third kappa shape index (κ3) is 3.77. The summed E-state index contributed by atoms with van der Waals surface area (Å²) in [6.45, 7) is 3.16. The molecule has 0 fully saturated rings. The number of benzene rings is 1. The number of halogens is 1. The molecule has 5 N–H and O–H groups in total. The zero-order valence-corrected chi connectivity index (χ0v) is 15.6. The lowest BCUT2D eigenvalue weighted by Gasteiger charge is -2.22. The number of aromatic nitrogens is 1. The first-order valence-corrected chi connectivity index (χ1v) is 9.20. The zero-order chi connectivity index (χ0) is 20.3. The fourth-order valence-corrected chi connectivity index (χ4v) is 3.65. The molecule has 0 unspecified atom stereocenters. The molecule has 144 valence electrons. The Bertz CT molecular complexity index is 999. The van der Waals surface area contributed by atoms with Crippen molar-refractivity contribution >= 4 is 35.5 Å². The van der Waals surface area contributed by atoms with Gasteiger partial charge in [0.2, 0.25) is 0 Å². The van der Waals surface area contributed by atoms with Gasteiger partial charge in [-0.2, -0.15) is 0 Å². The number of hydrogen-bond acceptors (Lipinski definition) is 5. The molecule has 1 aromatic carbocycles. The lowest BCUT2D eigenvalue weighted by Crippen LogP contribution is -2.16. The van der Waals surface area contributed by atoms with E-state index < -0.39 is 13.8 Å². The number of nitrogen functional groups attached to an aromatic ring is 1. The smallest absolute Gasteiger partial charge is 0.423 e. The summed E-state index contributed by atoms with van der Waals surface area (Å²) in [6, 6.07) is 3.61. The normalized spacial score (nSPS) is 14.3. The Hall–Kier alpha value is -2.77. The van der Waals surface area contributed by atoms with Crippen molar-refractivity contribution in [2.75, 3.05) is 12.4 Å². The van der Waals surface area contributed by atoms with E-state index in [9.17, 15) is 4.39 Å². The van der Waals surface area contributed by atoms with Gasteiger partial charge in [0.1, 0.15) is 6.67 Å². The molecule has 5 nitrogen and oxygen atoms in total. The largest absolute Gasteiger partial charge is 0.486 e. The Morgan fingerprint density at radius 1 is 1.29 bits per heavy atom. The molecule has 0 saturated carbocycles. The molecule has 1 aromatic heterocycles. The number of allylic oxidation sites excluding steroid dienone is 5. The molecule has 1 aliphatic rings. The van der Waals surface area contributed by atoms with Crippen LogP contribution in [0, 0.1) is 5.41 Å². The molecule has 0 saturated heterocycles. The molecule has 2 aromatic rings. The van der Waals surface area contributed by atoms with Crippen LogP contribution >= 0.6 is 0 Å². The van der Waals surface area contributed by atoms with Gasteiger partial charge in [0, 0.05) is 22.9 Å². The Kier molecular flexibility index (Phi) is 6.07. The number of alkyl halides is 1. The maximum Gasteiger partial charge on any atom is 0.486 e. The Balaban J connectivity index is 2.11. The third-order valence-corrected chi connectivity index (χ3v) is 5.09. The maximum atomic E-state index is 12.8. The van der Waals surface area contributed by atoms with Crippen LogP contribution in [0.4, 0.5) is 10.1 Å². The van der Waals surface area contributed by atoms with Gasteiger partial charge in [0.05, 0.1) is 11.2 Å². The van der Waals surface area contributed by atoms with Crippen LogP contribution in [0.3, 0.4) is 0 Å². The highest BCUT2D eigenvalue weighted by atomic mass is 19.1. The second-order valence-corrected chi connectivity index (χ2v) is 6.86. The van der Waals surface area contributed by atoms with Crippen LogP contribution < -0.4 is 5.73 Å². The highest BCUT2D eigenvalue weighted by Gasteiger charge is 2.21. The Labute approximate surface area is 163 Å². The van der Waals surface area contributed by atoms with Gasteiger partial charge in [-0.3, -0.25) is 0 Å². The van der Waals surface area contributed by atoms with Crippen molar-refractivity contribution in [1.82, 2.24) is 4.98 Å². The molecular formula is C21H23BFN3O2. The number of rotatable bonds is 6. The first kappa shape index (κ1) is 20.0. The standard InChI is InChI=1S/C21H23BFN3O2/c1-13(5-4-6-14(11-23)22(27)28)21-16-8-3-2-7-15(16)20-17(12-24)18(25)9-10-19(20)26-21/h4-6,9-10,12,24,27-28H,1-3,7-8,11,25H2/b5-4-,14-6+,24-12?. The van der Waals surface area contributed by atoms with Crippen LogP contribution in [-0.4, -0.2) is 35.0 Å². The number of anilines is 1. The molecule has 7 heteroatoms. The second-order valence-electron chi connectivity index (χ2n) is 6.86. The first-order valence-electron chi connectivity index (χ1n) is 9.20. The van der Waals surface area contributed by atoms with Crippen molar-refractivity contribution in [2.45, 2.75) is 25.7 Å². The summed E-state index contributed by atoms with van der Waals surface area (Å²) in [4.78, 5) is 4.79. The summed E-state index contributed by atoms with van der Waals surface area (Å²) in [5.41, 5.74) is 11.7. The van der Waals surface area contributed by atoms with Gasteiger partial charge in [-0.15, -0.1) is 0 Å². The summed E-state index contributed by atoms with van der Waals surface area (Å²) in [5.74, 6) is 0. The van der Waals surface area contributed by atoms with E-state index in [0.717, 1.165) is 53.4 Å². The van der Waals surface area contributed by atoms with E-state index in [0.29, 0.717) is 16.8 Å². The Morgan fingerprint density at radius 3 is 2.64 bits per heavy atom. The van der Waals surface area contributed by atoms with E-state index >= 15 is 0 Å². The molecule has 28 heavy (non-hydrogen) atoms. The van der Waals surface area contributed by atoms with Gasteiger partial charge < -0.3 is 21.2 Å². The molecule has 0 bridgehead atoms. The van der Waals surface area contributed by atoms with Crippen molar-refractivity contribution in [1.29, 1.82) is 5.41 Å². The van der Waals surface area contributed by atoms with E-state index in [1.54, 1.807) is 18.2 Å². The quantitative estimate of drug-likeness (QED) is 0.268. The van der Waals surface area contributed by atoms with Crippen molar-refractivity contribution in [3.8, 4) is 0 Å². The predicted octanol–water partition coefficient (Wildman–Crippen LogP) is 3.17. The van der Waals surface area contributed by atoms with Gasteiger partial charge in [0.25, 0.3) is 0 Å². The van der Waals surface area contributed by atoms with Crippen LogP contribution in [0.25, 0.3) is 16.5 Å². The van der Waals surface area contributed by atoms with Crippen LogP contribution in [0.5, 0.6) is 0 Å². The number of nitrogens with one attached hydrogen (secondary N) is 1. The van der Waals surface area contributed by atoms with E-state index in [-0.39, 0.29) is 5.47 Å². The molecule has 0 amide bonds. The van der Waals surface area contributed by atoms with Gasteiger partial charge in [-0.25, -0.2) is 9.37 Å². The highest BCUT2D eigenvalue weighted by molar-refractivity contribution is 6.50. The van der Waals surface area contributed by atoms with E-state index in [2.05, 4.69) is 6.58 Å². The number of nitrogens with two attached hydrogens (primary N) is 1. The number of nitrogens with zero attached hydrogens (tertiary/aromatic N) is 1. The summed E-state index contributed by atoms with van der Waals surface area (Å²) in [5, 5.41) is 26.9. The van der Waals surface area contributed by atoms with Crippen LogP contribution in [0.15, 0.2) is 42.4 Å². The molecular weight excluding hydrogens is 356 g/mol. The lowest BCUT2D eigenvalue weighted by atomic mass is 9.80. The number of pyridine rings is 1. The average molecular weight is 379 g/mol. The predicted molar refractivity (Wildman–Crippen MR) is 113 cm³/mol. The van der Waals surface area contributed by atoms with Gasteiger partial charge >= 0.3 is 7.12 Å². The minimum absolute atomic E-state index is 0.122. The fraction of sp³-hybridized carbons (Fsp3) is 0.238. The van der Waals surface area contributed by atoms with Gasteiger partial charge in [0.15, 0.2) is 0 Å². The average Bonchev–Trinajstić information content (AvgIpc) is 2.70. The summed E-state index contributed by atoms with van der Waals surface area (Å²) >= 11 is 0. The van der Waals surface area contributed by atoms with Crippen molar-refractivity contribution < 1.29 is 14.4 Å². The van der Waals surface area contributed by atoms with Crippen LogP contribution in [0.1, 0.15) is 35.2 Å². The van der Waals surface area contributed by atoms with Gasteiger partial charge in [-0.1, -0.05) is 24.8 Å². The number of hydrogen-bond donors (Lipinski definition) is 4. The third-order valence-electron chi connectivity index (χ3n) is 5.09. The fourth-order valence-electron chi connectivity index (χ4n) is 3.65. The van der Waals surface area contributed by atoms with E-state index in [4.69, 9.17) is 26.2 Å². The molecule has 1 heterocycles. The second kappa shape index (κ2) is 8.50. The minimum Gasteiger partial charge on any atom is -0.423 e. The summed E-state index contributed by atoms with van der Waals surface area (Å²) < 4.78 is 12.8. The van der Waals surface area contributed by atoms with E-state index in [1.165, 1.54) is 12.3 Å². The molecule has 1 aliphatic carbocycles. The SMILES string of the molecule is C=C(/C=C\C=C(/CF)B(O)O)c1nc2ccc(N)c(C=N)c2c2c1CCCC2. The number of aryl methyl sites for hydroxylation is 1. The maximum absolute atomic E-state index is 12.8. The molecule has 0 atom stereocenters. The monoisotopic (exact) mass is 379 g/mol. The number of fused-ring (bicyclic) bond motifs is 3. The van der Waals surface area contributed by atoms with Gasteiger partial charge in [-0.05, 0) is 60.0 Å². The summed E-state index contributed by atoms with van der Waals surface area (Å²) in [7, 11) is -1.82. The molecule has 0 aliphatic heterocycles. The van der Waals surface area contributed by atoms with Crippen LogP contribution in [0.2, 0.25) is 0 Å². The van der Waals surface area contributed by atoms with Crippen molar-refractivity contribution in [2.24, 2.45) is 0 Å². The first-order chi connectivity index (χ1) is 13.5. The lowest BCUT2D eigenvalue weighted by molar-refractivity contribution is 0.409. The van der Waals surface area contributed by atoms with Crippen LogP contribution in [-0.2, 0) is 12.8 Å². The van der Waals surface area contributed by atoms with Crippen molar-refractivity contribution in [3.63, 3.8) is 0 Å². The van der Waals surface area contributed by atoms with Crippen molar-refractivity contribution in [3.05, 3.63) is 64.8 Å². The topological polar surface area (TPSA) is 103 Å². The minimum atomic E-state index is -1.82. The highest BCUT2D eigenvalue weighted by Crippen LogP contribution is 2.35. The zero-order valence-electron chi connectivity index (χ0n) is 15.6. The molecule has 0 radical (unpaired) electrons. The molecule has 0 spiro atoms. The van der Waals surface area contributed by atoms with E-state index in [1.807, 2.05) is 6.07 Å². The molecule has 3 rings (SSSR count). The Morgan fingerprint density at radius 2 is 2.00 bits per heavy atom.